The van der Waals surface area contributed by atoms with E-state index in [0.717, 1.165) is 0 Å². The Hall–Kier alpha value is -2.31. The molecular weight excluding hydrogens is 206 g/mol. The Morgan fingerprint density at radius 2 is 1.40 bits per heavy atom. The molecule has 0 aliphatic rings. The zero-order valence-corrected chi connectivity index (χ0v) is 7.57. The van der Waals surface area contributed by atoms with Crippen molar-refractivity contribution in [3.05, 3.63) is 22.5 Å². The van der Waals surface area contributed by atoms with E-state index in [1.165, 1.54) is 6.92 Å². The molecule has 0 aromatic carbocycles. The Kier molecular flexibility index (Phi) is 2.47. The molecule has 0 saturated carbocycles. The van der Waals surface area contributed by atoms with Crippen LogP contribution in [0.25, 0.3) is 0 Å². The lowest BCUT2D eigenvalue weighted by Gasteiger charge is -1.95. The SMILES string of the molecule is Cc1[nH]c(C(=O)O)c(C(=O)O)c1C(=O)O. The van der Waals surface area contributed by atoms with Crippen molar-refractivity contribution in [1.29, 1.82) is 0 Å². The van der Waals surface area contributed by atoms with Crippen molar-refractivity contribution in [2.45, 2.75) is 6.92 Å². The molecule has 15 heavy (non-hydrogen) atoms. The zero-order valence-electron chi connectivity index (χ0n) is 7.57. The first kappa shape index (κ1) is 10.8. The molecule has 7 heteroatoms. The fourth-order valence-electron chi connectivity index (χ4n) is 1.27. The third-order valence-electron chi connectivity index (χ3n) is 1.83. The van der Waals surface area contributed by atoms with E-state index in [1.54, 1.807) is 0 Å². The molecule has 0 spiro atoms. The van der Waals surface area contributed by atoms with Gasteiger partial charge < -0.3 is 20.3 Å². The molecule has 0 atom stereocenters. The monoisotopic (exact) mass is 213 g/mol. The predicted molar refractivity (Wildman–Crippen MR) is 46.4 cm³/mol. The van der Waals surface area contributed by atoms with E-state index in [9.17, 15) is 14.4 Å². The summed E-state index contributed by atoms with van der Waals surface area (Å²) in [7, 11) is 0. The van der Waals surface area contributed by atoms with Crippen LogP contribution in [0, 0.1) is 6.92 Å². The number of aromatic carboxylic acids is 3. The van der Waals surface area contributed by atoms with E-state index >= 15 is 0 Å². The van der Waals surface area contributed by atoms with Crippen molar-refractivity contribution in [2.75, 3.05) is 0 Å². The molecular formula is C8H7NO6. The standard InChI is InChI=1S/C8H7NO6/c1-2-3(6(10)11)4(7(12)13)5(9-2)8(14)15/h9H,1H3,(H,10,11)(H,12,13)(H,14,15). The van der Waals surface area contributed by atoms with Gasteiger partial charge in [-0.15, -0.1) is 0 Å². The summed E-state index contributed by atoms with van der Waals surface area (Å²) in [5.74, 6) is -4.58. The molecule has 0 unspecified atom stereocenters. The Labute approximate surface area is 83.0 Å². The van der Waals surface area contributed by atoms with Crippen LogP contribution in [0.15, 0.2) is 0 Å². The first-order chi connectivity index (χ1) is 6.86. The fourth-order valence-corrected chi connectivity index (χ4v) is 1.27. The number of aromatic amines is 1. The molecule has 0 aliphatic heterocycles. The van der Waals surface area contributed by atoms with Crippen LogP contribution >= 0.6 is 0 Å². The molecule has 0 radical (unpaired) electrons. The molecule has 1 aromatic heterocycles. The maximum absolute atomic E-state index is 10.7. The van der Waals surface area contributed by atoms with Crippen LogP contribution in [-0.4, -0.2) is 38.2 Å². The highest BCUT2D eigenvalue weighted by Crippen LogP contribution is 2.19. The van der Waals surface area contributed by atoms with Gasteiger partial charge in [0.25, 0.3) is 0 Å². The van der Waals surface area contributed by atoms with Crippen LogP contribution < -0.4 is 0 Å². The number of carbonyl (C=O) groups is 3. The smallest absolute Gasteiger partial charge is 0.353 e. The predicted octanol–water partition coefficient (Wildman–Crippen LogP) is 0.418. The molecule has 1 rings (SSSR count). The molecule has 7 nitrogen and oxygen atoms in total. The van der Waals surface area contributed by atoms with Crippen LogP contribution in [0.4, 0.5) is 0 Å². The minimum Gasteiger partial charge on any atom is -0.478 e. The number of carboxylic acid groups (broad SMARTS) is 3. The van der Waals surface area contributed by atoms with Gasteiger partial charge in [0, 0.05) is 5.69 Å². The number of H-pyrrole nitrogens is 1. The van der Waals surface area contributed by atoms with E-state index in [2.05, 4.69) is 4.98 Å². The van der Waals surface area contributed by atoms with Crippen molar-refractivity contribution in [1.82, 2.24) is 4.98 Å². The average molecular weight is 213 g/mol. The van der Waals surface area contributed by atoms with Crippen LogP contribution in [0.2, 0.25) is 0 Å². The van der Waals surface area contributed by atoms with Crippen molar-refractivity contribution < 1.29 is 29.7 Å². The van der Waals surface area contributed by atoms with Gasteiger partial charge in [-0.3, -0.25) is 0 Å². The Bertz CT molecular complexity index is 458. The number of carboxylic acids is 3. The molecule has 0 aliphatic carbocycles. The molecule has 0 saturated heterocycles. The van der Waals surface area contributed by atoms with Crippen LogP contribution in [0.3, 0.4) is 0 Å². The fraction of sp³-hybridized carbons (Fsp3) is 0.125. The number of aryl methyl sites for hydroxylation is 1. The van der Waals surface area contributed by atoms with Gasteiger partial charge in [0.2, 0.25) is 0 Å². The Morgan fingerprint density at radius 1 is 0.933 bits per heavy atom. The first-order valence-electron chi connectivity index (χ1n) is 3.78. The van der Waals surface area contributed by atoms with Gasteiger partial charge in [-0.25, -0.2) is 14.4 Å². The van der Waals surface area contributed by atoms with E-state index in [4.69, 9.17) is 15.3 Å². The molecule has 0 bridgehead atoms. The Balaban J connectivity index is 3.59. The molecule has 0 fully saturated rings. The van der Waals surface area contributed by atoms with Gasteiger partial charge in [0.15, 0.2) is 0 Å². The largest absolute Gasteiger partial charge is 0.478 e. The molecule has 1 aromatic rings. The second kappa shape index (κ2) is 3.45. The van der Waals surface area contributed by atoms with Gasteiger partial charge >= 0.3 is 17.9 Å². The van der Waals surface area contributed by atoms with E-state index < -0.39 is 34.7 Å². The maximum atomic E-state index is 10.7. The summed E-state index contributed by atoms with van der Waals surface area (Å²) in [6.07, 6.45) is 0. The lowest BCUT2D eigenvalue weighted by atomic mass is 10.1. The number of hydrogen-bond acceptors (Lipinski definition) is 3. The number of rotatable bonds is 3. The second-order valence-electron chi connectivity index (χ2n) is 2.79. The molecule has 1 heterocycles. The van der Waals surface area contributed by atoms with E-state index in [1.807, 2.05) is 0 Å². The molecule has 0 amide bonds. The molecule has 80 valence electrons. The van der Waals surface area contributed by atoms with Gasteiger partial charge in [-0.2, -0.15) is 0 Å². The summed E-state index contributed by atoms with van der Waals surface area (Å²) < 4.78 is 0. The lowest BCUT2D eigenvalue weighted by molar-refractivity contribution is 0.0634. The third-order valence-corrected chi connectivity index (χ3v) is 1.83. The van der Waals surface area contributed by atoms with Gasteiger partial charge in [-0.05, 0) is 6.92 Å². The normalized spacial score (nSPS) is 9.93. The third kappa shape index (κ3) is 1.66. The maximum Gasteiger partial charge on any atom is 0.353 e. The number of hydrogen-bond donors (Lipinski definition) is 4. The lowest BCUT2D eigenvalue weighted by Crippen LogP contribution is -2.10. The highest BCUT2D eigenvalue weighted by atomic mass is 16.4. The Morgan fingerprint density at radius 3 is 1.73 bits per heavy atom. The van der Waals surface area contributed by atoms with Crippen molar-refractivity contribution in [2.24, 2.45) is 0 Å². The molecule has 4 N–H and O–H groups in total. The highest BCUT2D eigenvalue weighted by molar-refractivity contribution is 6.09. The minimum absolute atomic E-state index is 0.00250. The second-order valence-corrected chi connectivity index (χ2v) is 2.79. The summed E-state index contributed by atoms with van der Waals surface area (Å²) in [5.41, 5.74) is -1.89. The van der Waals surface area contributed by atoms with Crippen LogP contribution in [0.1, 0.15) is 36.9 Å². The summed E-state index contributed by atoms with van der Waals surface area (Å²) >= 11 is 0. The average Bonchev–Trinajstić information content (AvgIpc) is 2.42. The summed E-state index contributed by atoms with van der Waals surface area (Å²) in [5, 5.41) is 26.1. The van der Waals surface area contributed by atoms with Gasteiger partial charge in [0.1, 0.15) is 11.3 Å². The zero-order chi connectivity index (χ0) is 11.7. The van der Waals surface area contributed by atoms with Gasteiger partial charge in [-0.1, -0.05) is 0 Å². The van der Waals surface area contributed by atoms with Crippen LogP contribution in [-0.2, 0) is 0 Å². The van der Waals surface area contributed by atoms with Crippen molar-refractivity contribution >= 4 is 17.9 Å². The quantitative estimate of drug-likeness (QED) is 0.576. The summed E-state index contributed by atoms with van der Waals surface area (Å²) in [4.78, 5) is 34.3. The number of aromatic nitrogens is 1. The van der Waals surface area contributed by atoms with Gasteiger partial charge in [0.05, 0.1) is 5.56 Å². The summed E-state index contributed by atoms with van der Waals surface area (Å²) in [6, 6.07) is 0. The minimum atomic E-state index is -1.59. The van der Waals surface area contributed by atoms with Crippen molar-refractivity contribution in [3.63, 3.8) is 0 Å². The number of nitrogens with one attached hydrogen (secondary N) is 1. The van der Waals surface area contributed by atoms with E-state index in [0.29, 0.717) is 0 Å². The summed E-state index contributed by atoms with van der Waals surface area (Å²) in [6.45, 7) is 1.29. The van der Waals surface area contributed by atoms with Crippen LogP contribution in [0.5, 0.6) is 0 Å². The highest BCUT2D eigenvalue weighted by Gasteiger charge is 2.28. The van der Waals surface area contributed by atoms with E-state index in [-0.39, 0.29) is 5.69 Å². The van der Waals surface area contributed by atoms with Crippen molar-refractivity contribution in [3.8, 4) is 0 Å². The topological polar surface area (TPSA) is 128 Å². The first-order valence-corrected chi connectivity index (χ1v) is 3.78.